The number of amides is 1. The second kappa shape index (κ2) is 6.39. The molecule has 0 bridgehead atoms. The minimum Gasteiger partial charge on any atom is -0.398 e. The number of rotatable bonds is 5. The van der Waals surface area contributed by atoms with E-state index < -0.39 is 16.0 Å². The van der Waals surface area contributed by atoms with Crippen molar-refractivity contribution in [3.05, 3.63) is 24.3 Å². The molecule has 17 heavy (non-hydrogen) atoms. The van der Waals surface area contributed by atoms with Crippen molar-refractivity contribution in [3.63, 3.8) is 0 Å². The molecule has 2 unspecified atom stereocenters. The van der Waals surface area contributed by atoms with E-state index in [-0.39, 0.29) is 5.91 Å². The molecule has 0 saturated heterocycles. The molecular formula is C12H18N2O2S. The third kappa shape index (κ3) is 3.56. The molecule has 3 N–H and O–H groups in total. The lowest BCUT2D eigenvalue weighted by Gasteiger charge is -2.12. The molecule has 0 saturated carbocycles. The molecule has 0 spiro atoms. The lowest BCUT2D eigenvalue weighted by Crippen LogP contribution is -2.35. The molecule has 0 aliphatic carbocycles. The van der Waals surface area contributed by atoms with Gasteiger partial charge in [-0.1, -0.05) is 19.1 Å². The highest BCUT2D eigenvalue weighted by Crippen LogP contribution is 2.18. The van der Waals surface area contributed by atoms with E-state index in [0.29, 0.717) is 17.1 Å². The number of carbonyl (C=O) groups is 1. The van der Waals surface area contributed by atoms with Gasteiger partial charge in [-0.05, 0) is 25.5 Å². The quantitative estimate of drug-likeness (QED) is 0.778. The third-order valence-corrected chi connectivity index (χ3v) is 4.04. The van der Waals surface area contributed by atoms with Gasteiger partial charge in [-0.15, -0.1) is 0 Å². The maximum atomic E-state index is 12.1. The second-order valence-electron chi connectivity index (χ2n) is 3.77. The lowest BCUT2D eigenvalue weighted by atomic mass is 10.3. The number of benzene rings is 1. The van der Waals surface area contributed by atoms with Crippen molar-refractivity contribution in [2.45, 2.75) is 30.4 Å². The van der Waals surface area contributed by atoms with Gasteiger partial charge >= 0.3 is 0 Å². The highest BCUT2D eigenvalue weighted by molar-refractivity contribution is 7.86. The van der Waals surface area contributed by atoms with Gasteiger partial charge in [0.05, 0.1) is 15.7 Å². The Bertz CT molecular complexity index is 421. The van der Waals surface area contributed by atoms with E-state index in [1.54, 1.807) is 31.2 Å². The van der Waals surface area contributed by atoms with Gasteiger partial charge in [0.1, 0.15) is 5.25 Å². The Hall–Kier alpha value is -1.36. The van der Waals surface area contributed by atoms with Crippen LogP contribution in [0.5, 0.6) is 0 Å². The van der Waals surface area contributed by atoms with Crippen LogP contribution in [0.1, 0.15) is 20.3 Å². The largest absolute Gasteiger partial charge is 0.398 e. The van der Waals surface area contributed by atoms with Crippen LogP contribution in [0, 0.1) is 0 Å². The molecule has 1 amide bonds. The molecule has 1 aromatic carbocycles. The zero-order chi connectivity index (χ0) is 12.8. The van der Waals surface area contributed by atoms with Gasteiger partial charge in [0.15, 0.2) is 0 Å². The number of hydrogen-bond donors (Lipinski definition) is 2. The fourth-order valence-electron chi connectivity index (χ4n) is 1.34. The first-order chi connectivity index (χ1) is 8.07. The van der Waals surface area contributed by atoms with Crippen LogP contribution in [-0.4, -0.2) is 21.9 Å². The van der Waals surface area contributed by atoms with E-state index in [0.717, 1.165) is 6.42 Å². The molecule has 0 fully saturated rings. The number of carbonyl (C=O) groups excluding carboxylic acids is 1. The molecule has 5 heteroatoms. The van der Waals surface area contributed by atoms with Crippen LogP contribution in [0.2, 0.25) is 0 Å². The predicted octanol–water partition coefficient (Wildman–Crippen LogP) is 1.29. The molecule has 0 aliphatic heterocycles. The van der Waals surface area contributed by atoms with E-state index in [1.165, 1.54) is 0 Å². The Morgan fingerprint density at radius 2 is 2.12 bits per heavy atom. The Balaban J connectivity index is 2.77. The van der Waals surface area contributed by atoms with E-state index in [4.69, 9.17) is 5.73 Å². The van der Waals surface area contributed by atoms with Crippen LogP contribution in [0.4, 0.5) is 5.69 Å². The van der Waals surface area contributed by atoms with Crippen LogP contribution in [-0.2, 0) is 15.6 Å². The Morgan fingerprint density at radius 3 is 2.71 bits per heavy atom. The first-order valence-electron chi connectivity index (χ1n) is 5.60. The molecule has 1 rings (SSSR count). The summed E-state index contributed by atoms with van der Waals surface area (Å²) in [5.41, 5.74) is 6.19. The molecule has 94 valence electrons. The summed E-state index contributed by atoms with van der Waals surface area (Å²) in [6, 6.07) is 6.91. The van der Waals surface area contributed by atoms with Crippen LogP contribution in [0.15, 0.2) is 29.2 Å². The standard InChI is InChI=1S/C12H18N2O2S/c1-3-8-14-12(15)9(2)17(16)11-7-5-4-6-10(11)13/h4-7,9H,3,8,13H2,1-2H3,(H,14,15). The first-order valence-corrected chi connectivity index (χ1v) is 6.82. The van der Waals surface area contributed by atoms with Gasteiger partial charge < -0.3 is 11.1 Å². The number of hydrogen-bond acceptors (Lipinski definition) is 3. The van der Waals surface area contributed by atoms with E-state index in [2.05, 4.69) is 5.32 Å². The van der Waals surface area contributed by atoms with Crippen LogP contribution in [0.3, 0.4) is 0 Å². The maximum absolute atomic E-state index is 12.1. The number of para-hydroxylation sites is 1. The SMILES string of the molecule is CCCNC(=O)C(C)S(=O)c1ccccc1N. The van der Waals surface area contributed by atoms with Gasteiger partial charge in [0.25, 0.3) is 0 Å². The second-order valence-corrected chi connectivity index (χ2v) is 5.51. The summed E-state index contributed by atoms with van der Waals surface area (Å²) in [6.07, 6.45) is 0.860. The average Bonchev–Trinajstić information content (AvgIpc) is 2.34. The van der Waals surface area contributed by atoms with Crippen molar-refractivity contribution in [3.8, 4) is 0 Å². The fraction of sp³-hybridized carbons (Fsp3) is 0.417. The van der Waals surface area contributed by atoms with E-state index in [9.17, 15) is 9.00 Å². The molecule has 1 aromatic rings. The van der Waals surface area contributed by atoms with Crippen LogP contribution in [0.25, 0.3) is 0 Å². The molecule has 4 nitrogen and oxygen atoms in total. The number of nitrogen functional groups attached to an aromatic ring is 1. The van der Waals surface area contributed by atoms with Crippen molar-refractivity contribution in [2.75, 3.05) is 12.3 Å². The highest BCUT2D eigenvalue weighted by Gasteiger charge is 2.22. The van der Waals surface area contributed by atoms with Gasteiger partial charge in [-0.3, -0.25) is 9.00 Å². The van der Waals surface area contributed by atoms with E-state index in [1.807, 2.05) is 6.92 Å². The van der Waals surface area contributed by atoms with Gasteiger partial charge in [-0.25, -0.2) is 0 Å². The fourth-order valence-corrected chi connectivity index (χ4v) is 2.52. The van der Waals surface area contributed by atoms with Gasteiger partial charge in [0.2, 0.25) is 5.91 Å². The summed E-state index contributed by atoms with van der Waals surface area (Å²) < 4.78 is 12.1. The summed E-state index contributed by atoms with van der Waals surface area (Å²) in [4.78, 5) is 12.2. The van der Waals surface area contributed by atoms with Crippen LogP contribution < -0.4 is 11.1 Å². The molecular weight excluding hydrogens is 236 g/mol. The van der Waals surface area contributed by atoms with Crippen molar-refractivity contribution in [1.82, 2.24) is 5.32 Å². The molecule has 0 aliphatic rings. The monoisotopic (exact) mass is 254 g/mol. The Labute approximate surface area is 104 Å². The van der Waals surface area contributed by atoms with Gasteiger partial charge in [0, 0.05) is 12.2 Å². The van der Waals surface area contributed by atoms with Gasteiger partial charge in [-0.2, -0.15) is 0 Å². The molecule has 2 atom stereocenters. The number of nitrogens with one attached hydrogen (secondary N) is 1. The van der Waals surface area contributed by atoms with Crippen molar-refractivity contribution >= 4 is 22.4 Å². The smallest absolute Gasteiger partial charge is 0.235 e. The minimum atomic E-state index is -1.41. The lowest BCUT2D eigenvalue weighted by molar-refractivity contribution is -0.120. The van der Waals surface area contributed by atoms with Crippen molar-refractivity contribution in [2.24, 2.45) is 0 Å². The van der Waals surface area contributed by atoms with Crippen molar-refractivity contribution < 1.29 is 9.00 Å². The zero-order valence-electron chi connectivity index (χ0n) is 10.1. The summed E-state index contributed by atoms with van der Waals surface area (Å²) in [7, 11) is -1.41. The zero-order valence-corrected chi connectivity index (χ0v) is 10.9. The summed E-state index contributed by atoms with van der Waals surface area (Å²) >= 11 is 0. The summed E-state index contributed by atoms with van der Waals surface area (Å²) in [5, 5.41) is 2.14. The molecule has 0 aromatic heterocycles. The Morgan fingerprint density at radius 1 is 1.47 bits per heavy atom. The topological polar surface area (TPSA) is 72.2 Å². The summed E-state index contributed by atoms with van der Waals surface area (Å²) in [5.74, 6) is -0.201. The molecule has 0 radical (unpaired) electrons. The Kier molecular flexibility index (Phi) is 5.15. The minimum absolute atomic E-state index is 0.201. The maximum Gasteiger partial charge on any atom is 0.235 e. The normalized spacial score (nSPS) is 14.0. The number of anilines is 1. The predicted molar refractivity (Wildman–Crippen MR) is 70.0 cm³/mol. The van der Waals surface area contributed by atoms with E-state index >= 15 is 0 Å². The number of nitrogens with two attached hydrogens (primary N) is 1. The highest BCUT2D eigenvalue weighted by atomic mass is 32.2. The first kappa shape index (κ1) is 13.7. The third-order valence-electron chi connectivity index (χ3n) is 2.38. The average molecular weight is 254 g/mol. The summed E-state index contributed by atoms with van der Waals surface area (Å²) in [6.45, 7) is 4.22. The van der Waals surface area contributed by atoms with Crippen LogP contribution >= 0.6 is 0 Å². The van der Waals surface area contributed by atoms with Crippen molar-refractivity contribution in [1.29, 1.82) is 0 Å². The molecule has 0 heterocycles.